The number of aliphatic imine (C=N–C) groups is 1. The predicted molar refractivity (Wildman–Crippen MR) is 86.9 cm³/mol. The molecule has 1 aromatic carbocycles. The molecule has 100 valence electrons. The third kappa shape index (κ3) is 3.64. The zero-order valence-electron chi connectivity index (χ0n) is 11.2. The highest BCUT2D eigenvalue weighted by molar-refractivity contribution is 8.41. The molecule has 0 atom stereocenters. The third-order valence-corrected chi connectivity index (χ3v) is 4.58. The normalized spacial score (nSPS) is 16.9. The van der Waals surface area contributed by atoms with Gasteiger partial charge in [0.05, 0.1) is 4.91 Å². The highest BCUT2D eigenvalue weighted by Crippen LogP contribution is 2.33. The van der Waals surface area contributed by atoms with Crippen molar-refractivity contribution in [3.05, 3.63) is 34.7 Å². The maximum atomic E-state index is 11.7. The van der Waals surface area contributed by atoms with Crippen molar-refractivity contribution in [3.63, 3.8) is 0 Å². The number of carbonyl (C=O) groups excluding carboxylic acids is 1. The van der Waals surface area contributed by atoms with Crippen LogP contribution < -0.4 is 4.90 Å². The monoisotopic (exact) mass is 292 g/mol. The average Bonchev–Trinajstić information content (AvgIpc) is 2.71. The van der Waals surface area contributed by atoms with Gasteiger partial charge >= 0.3 is 0 Å². The lowest BCUT2D eigenvalue weighted by Crippen LogP contribution is -2.07. The van der Waals surface area contributed by atoms with E-state index in [1.54, 1.807) is 11.8 Å². The van der Waals surface area contributed by atoms with Gasteiger partial charge in [-0.3, -0.25) is 4.79 Å². The van der Waals surface area contributed by atoms with Crippen LogP contribution in [0.1, 0.15) is 12.5 Å². The van der Waals surface area contributed by atoms with E-state index in [-0.39, 0.29) is 5.91 Å². The first kappa shape index (κ1) is 14.2. The van der Waals surface area contributed by atoms with E-state index in [4.69, 9.17) is 0 Å². The van der Waals surface area contributed by atoms with Gasteiger partial charge in [0.1, 0.15) is 4.38 Å². The van der Waals surface area contributed by atoms with Crippen LogP contribution in [-0.4, -0.2) is 30.1 Å². The van der Waals surface area contributed by atoms with Gasteiger partial charge in [-0.05, 0) is 29.5 Å². The van der Waals surface area contributed by atoms with Gasteiger partial charge in [-0.15, -0.1) is 0 Å². The first-order chi connectivity index (χ1) is 9.10. The number of thioether (sulfide) groups is 2. The van der Waals surface area contributed by atoms with Crippen LogP contribution in [0.2, 0.25) is 0 Å². The third-order valence-electron chi connectivity index (χ3n) is 2.58. The second kappa shape index (κ2) is 6.30. The lowest BCUT2D eigenvalue weighted by Gasteiger charge is -2.11. The van der Waals surface area contributed by atoms with Crippen LogP contribution in [0.15, 0.2) is 34.2 Å². The Labute approximate surface area is 122 Å². The van der Waals surface area contributed by atoms with Crippen LogP contribution in [0.3, 0.4) is 0 Å². The fourth-order valence-corrected chi connectivity index (χ4v) is 3.49. The van der Waals surface area contributed by atoms with Crippen molar-refractivity contribution < 1.29 is 4.79 Å². The quantitative estimate of drug-likeness (QED) is 0.799. The van der Waals surface area contributed by atoms with Crippen molar-refractivity contribution in [2.24, 2.45) is 4.99 Å². The Hall–Kier alpha value is -1.20. The molecule has 3 nitrogen and oxygen atoms in total. The number of carbonyl (C=O) groups is 1. The molecule has 1 amide bonds. The summed E-state index contributed by atoms with van der Waals surface area (Å²) in [6, 6.07) is 8.11. The summed E-state index contributed by atoms with van der Waals surface area (Å²) < 4.78 is 0.851. The number of hydrogen-bond donors (Lipinski definition) is 0. The summed E-state index contributed by atoms with van der Waals surface area (Å²) in [5, 5.41) is 0. The molecule has 19 heavy (non-hydrogen) atoms. The standard InChI is InChI=1S/C14H16N2OS2/c1-4-18-14-15-13(17)12(19-14)9-10-5-7-11(8-6-10)16(2)3/h5-9H,4H2,1-3H3. The van der Waals surface area contributed by atoms with Crippen LogP contribution in [0, 0.1) is 0 Å². The second-order valence-electron chi connectivity index (χ2n) is 4.21. The predicted octanol–water partition coefficient (Wildman–Crippen LogP) is 3.48. The SMILES string of the molecule is CCSC1=NC(=O)C(=Cc2ccc(N(C)C)cc2)S1. The van der Waals surface area contributed by atoms with Gasteiger partial charge < -0.3 is 4.90 Å². The van der Waals surface area contributed by atoms with E-state index in [1.165, 1.54) is 11.8 Å². The van der Waals surface area contributed by atoms with E-state index in [2.05, 4.69) is 11.9 Å². The molecule has 0 unspecified atom stereocenters. The minimum atomic E-state index is -0.127. The fraction of sp³-hybridized carbons (Fsp3) is 0.286. The van der Waals surface area contributed by atoms with Crippen molar-refractivity contribution in [1.82, 2.24) is 0 Å². The van der Waals surface area contributed by atoms with E-state index in [0.717, 1.165) is 21.4 Å². The molecule has 1 heterocycles. The topological polar surface area (TPSA) is 32.7 Å². The molecule has 1 aliphatic rings. The Morgan fingerprint density at radius 2 is 2.00 bits per heavy atom. The minimum Gasteiger partial charge on any atom is -0.378 e. The van der Waals surface area contributed by atoms with Crippen molar-refractivity contribution in [3.8, 4) is 0 Å². The molecule has 0 fully saturated rings. The zero-order chi connectivity index (χ0) is 13.8. The Balaban J connectivity index is 2.12. The average molecular weight is 292 g/mol. The zero-order valence-corrected chi connectivity index (χ0v) is 12.8. The molecule has 0 aliphatic carbocycles. The maximum absolute atomic E-state index is 11.7. The van der Waals surface area contributed by atoms with E-state index >= 15 is 0 Å². The van der Waals surface area contributed by atoms with Crippen LogP contribution in [-0.2, 0) is 4.79 Å². The highest BCUT2D eigenvalue weighted by Gasteiger charge is 2.21. The van der Waals surface area contributed by atoms with Gasteiger partial charge in [0.25, 0.3) is 5.91 Å². The van der Waals surface area contributed by atoms with E-state index in [1.807, 2.05) is 49.3 Å². The van der Waals surface area contributed by atoms with Gasteiger partial charge in [-0.1, -0.05) is 42.6 Å². The number of rotatable bonds is 3. The first-order valence-corrected chi connectivity index (χ1v) is 7.83. The van der Waals surface area contributed by atoms with Gasteiger partial charge in [0, 0.05) is 19.8 Å². The van der Waals surface area contributed by atoms with Crippen molar-refractivity contribution >= 4 is 45.6 Å². The summed E-state index contributed by atoms with van der Waals surface area (Å²) in [6.07, 6.45) is 1.90. The van der Waals surface area contributed by atoms with Crippen molar-refractivity contribution in [1.29, 1.82) is 0 Å². The summed E-state index contributed by atoms with van der Waals surface area (Å²) in [4.78, 5) is 18.5. The Bertz CT molecular complexity index is 533. The van der Waals surface area contributed by atoms with Crippen molar-refractivity contribution in [2.75, 3.05) is 24.7 Å². The van der Waals surface area contributed by atoms with Gasteiger partial charge in [-0.2, -0.15) is 4.99 Å². The molecule has 0 saturated heterocycles. The van der Waals surface area contributed by atoms with Crippen LogP contribution in [0.5, 0.6) is 0 Å². The summed E-state index contributed by atoms with van der Waals surface area (Å²) in [5.74, 6) is 0.807. The largest absolute Gasteiger partial charge is 0.378 e. The summed E-state index contributed by atoms with van der Waals surface area (Å²) in [6.45, 7) is 2.06. The van der Waals surface area contributed by atoms with Crippen molar-refractivity contribution in [2.45, 2.75) is 6.92 Å². The minimum absolute atomic E-state index is 0.127. The molecule has 0 saturated carbocycles. The summed E-state index contributed by atoms with van der Waals surface area (Å²) >= 11 is 3.07. The van der Waals surface area contributed by atoms with Crippen LogP contribution in [0.25, 0.3) is 6.08 Å². The van der Waals surface area contributed by atoms with E-state index in [9.17, 15) is 4.79 Å². The Morgan fingerprint density at radius 3 is 2.58 bits per heavy atom. The molecule has 1 aromatic rings. The molecule has 0 N–H and O–H groups in total. The number of benzene rings is 1. The van der Waals surface area contributed by atoms with Gasteiger partial charge in [-0.25, -0.2) is 0 Å². The summed E-state index contributed by atoms with van der Waals surface area (Å²) in [5.41, 5.74) is 2.17. The number of nitrogens with zero attached hydrogens (tertiary/aromatic N) is 2. The molecule has 0 bridgehead atoms. The fourth-order valence-electron chi connectivity index (χ4n) is 1.60. The van der Waals surface area contributed by atoms with E-state index < -0.39 is 0 Å². The molecule has 5 heteroatoms. The lowest BCUT2D eigenvalue weighted by atomic mass is 10.2. The molecular formula is C14H16N2OS2. The molecule has 1 aliphatic heterocycles. The van der Waals surface area contributed by atoms with Gasteiger partial charge in [0.15, 0.2) is 0 Å². The molecule has 0 radical (unpaired) electrons. The number of hydrogen-bond acceptors (Lipinski definition) is 4. The van der Waals surface area contributed by atoms with E-state index in [0.29, 0.717) is 4.91 Å². The summed E-state index contributed by atoms with van der Waals surface area (Å²) in [7, 11) is 4.01. The lowest BCUT2D eigenvalue weighted by molar-refractivity contribution is -0.113. The maximum Gasteiger partial charge on any atom is 0.285 e. The molecular weight excluding hydrogens is 276 g/mol. The highest BCUT2D eigenvalue weighted by atomic mass is 32.2. The van der Waals surface area contributed by atoms with Crippen LogP contribution >= 0.6 is 23.5 Å². The molecule has 0 aromatic heterocycles. The van der Waals surface area contributed by atoms with Gasteiger partial charge in [0.2, 0.25) is 0 Å². The second-order valence-corrected chi connectivity index (χ2v) is 6.75. The molecule has 2 rings (SSSR count). The molecule has 0 spiro atoms. The number of anilines is 1. The Kier molecular flexibility index (Phi) is 4.71. The smallest absolute Gasteiger partial charge is 0.285 e. The first-order valence-electron chi connectivity index (χ1n) is 6.03. The Morgan fingerprint density at radius 1 is 1.32 bits per heavy atom. The number of amides is 1. The van der Waals surface area contributed by atoms with Crippen LogP contribution in [0.4, 0.5) is 5.69 Å².